The first-order valence-corrected chi connectivity index (χ1v) is 39.9. The average Bonchev–Trinajstić information content (AvgIpc) is 1.30. The molecule has 2 heterocycles. The van der Waals surface area contributed by atoms with Crippen molar-refractivity contribution in [1.82, 2.24) is 30.4 Å². The van der Waals surface area contributed by atoms with Crippen LogP contribution in [0.5, 0.6) is 29.0 Å². The van der Waals surface area contributed by atoms with Crippen LogP contribution in [0.4, 0.5) is 26.3 Å². The van der Waals surface area contributed by atoms with E-state index in [-0.39, 0.29) is 118 Å². The molecule has 31 heteroatoms. The maximum absolute atomic E-state index is 13.7. The highest BCUT2D eigenvalue weighted by Gasteiger charge is 2.37. The summed E-state index contributed by atoms with van der Waals surface area (Å²) in [5, 5.41) is 18.3. The maximum Gasteiger partial charge on any atom is 0.573 e. The second kappa shape index (κ2) is 46.7. The van der Waals surface area contributed by atoms with Gasteiger partial charge in [0.25, 0.3) is 11.8 Å². The van der Waals surface area contributed by atoms with Crippen molar-refractivity contribution < 1.29 is 107 Å². The van der Waals surface area contributed by atoms with E-state index < -0.39 is 42.8 Å². The lowest BCUT2D eigenvalue weighted by Crippen LogP contribution is -2.30. The number of alkyl halides is 7. The zero-order chi connectivity index (χ0) is 80.3. The number of hydrogen-bond donors (Lipinski definition) is 1. The molecular weight excluding hydrogens is 1500 g/mol. The van der Waals surface area contributed by atoms with Gasteiger partial charge in [-0.05, 0) is 186 Å². The smallest absolute Gasteiger partial charge is 0.497 e. The summed E-state index contributed by atoms with van der Waals surface area (Å²) < 4.78 is 129. The van der Waals surface area contributed by atoms with Crippen molar-refractivity contribution in [1.29, 1.82) is 0 Å². The van der Waals surface area contributed by atoms with Gasteiger partial charge in [0.2, 0.25) is 29.2 Å². The average molecular weight is 1610 g/mol. The van der Waals surface area contributed by atoms with Crippen molar-refractivity contribution in [3.8, 4) is 29.0 Å². The zero-order valence-corrected chi connectivity index (χ0v) is 65.4. The Morgan fingerprint density at radius 2 is 0.883 bits per heavy atom. The van der Waals surface area contributed by atoms with E-state index in [1.54, 1.807) is 57.4 Å². The number of methoxy groups -OCH3 is 1. The van der Waals surface area contributed by atoms with Crippen LogP contribution < -0.4 is 23.7 Å². The van der Waals surface area contributed by atoms with Crippen molar-refractivity contribution in [2.24, 2.45) is 23.7 Å². The van der Waals surface area contributed by atoms with Gasteiger partial charge in [0.15, 0.2) is 5.56 Å². The lowest BCUT2D eigenvalue weighted by molar-refractivity contribution is -0.275. The summed E-state index contributed by atoms with van der Waals surface area (Å²) in [6.07, 6.45) is 16.6. The molecule has 0 saturated heterocycles. The van der Waals surface area contributed by atoms with Crippen molar-refractivity contribution in [3.05, 3.63) is 101 Å². The number of halogens is 8. The molecule has 0 radical (unpaired) electrons. The second-order valence-corrected chi connectivity index (χ2v) is 29.4. The molecular formula is C80H106Cl2F6N6O17. The van der Waals surface area contributed by atoms with Crippen LogP contribution in [0, 0.1) is 23.7 Å². The number of rotatable bonds is 26. The van der Waals surface area contributed by atoms with E-state index in [1.165, 1.54) is 54.6 Å². The summed E-state index contributed by atoms with van der Waals surface area (Å²) >= 11 is 11.1. The highest BCUT2D eigenvalue weighted by molar-refractivity contribution is 6.64. The summed E-state index contributed by atoms with van der Waals surface area (Å²) in [7, 11) is 1.58. The normalized spacial score (nSPS) is 20.0. The molecule has 5 aromatic rings. The quantitative estimate of drug-likeness (QED) is 0.0102. The Labute approximate surface area is 654 Å². The number of aromatic nitrogens is 6. The SMILES string of the molecule is CCC(Cl)OC(=O)C1CCCCC1.CCC(OC(=O)c1[nH]nnc1OC1CCC(c2ccc(OC(F)(F)F)cc2)CC1)OC(=O)C1CCCCC1.CCC(OC(=O)c1c(OC2CCC(c3ccc(OC(F)(F)F)cc3)CC2)nnn1Cc1ccc(OC)cc1)OC(=O)C1CCCCC1.CCC=O.O=C(Cl)C1CCCCC1. The van der Waals surface area contributed by atoms with Gasteiger partial charge < -0.3 is 52.2 Å². The first-order valence-electron chi connectivity index (χ1n) is 39.1. The van der Waals surface area contributed by atoms with Crippen LogP contribution in [0.3, 0.4) is 0 Å². The number of benzene rings is 3. The second-order valence-electron chi connectivity index (χ2n) is 28.5. The number of H-pyrrole nitrogens is 1. The van der Waals surface area contributed by atoms with Crippen LogP contribution in [0.1, 0.15) is 283 Å². The standard InChI is InChI=1S/C34H40F3N3O7.C26H32F3N3O6.C10H17ClO2.C7H11ClO.C3H6O/c1-3-29(45-32(41)25-7-5-4-6-8-25)46-33(42)30-31(38-39-40(30)21-22-9-15-26(43-2)16-10-22)44-27-17-11-23(12-18-27)24-13-19-28(20-14-24)47-34(35,36)37;1-2-21(36-24(33)18-6-4-3-5-7-18)37-25(34)22-23(31-32-30-22)35-19-12-8-16(9-13-19)17-10-14-20(15-11-17)38-26(27,28)29;1-2-9(11)13-10(12)8-6-4-3-5-7-8;8-7(9)6-4-2-1-3-5-6;1-2-3-4/h9-10,13-16,19-20,23,25,27,29H,3-8,11-12,17-18,21H2,1-2H3;10-11,14-16,18-19,21H,2-9,12-13H2,1H3,(H,30,31,32);8-9H,2-7H2,1H3;6H,1-5H2;3H,2H2,1H3. The van der Waals surface area contributed by atoms with Crippen LogP contribution in [-0.2, 0) is 54.2 Å². The molecule has 6 saturated carbocycles. The van der Waals surface area contributed by atoms with Gasteiger partial charge in [-0.1, -0.05) is 173 Å². The summed E-state index contributed by atoms with van der Waals surface area (Å²) in [5.41, 5.74) is 2.20. The van der Waals surface area contributed by atoms with Crippen LogP contribution in [0.25, 0.3) is 0 Å². The molecule has 11 rings (SSSR count). The molecule has 3 aromatic carbocycles. The summed E-state index contributed by atoms with van der Waals surface area (Å²) in [6.45, 7) is 7.44. The highest BCUT2D eigenvalue weighted by atomic mass is 35.5. The molecule has 3 atom stereocenters. The highest BCUT2D eigenvalue weighted by Crippen LogP contribution is 2.39. The number of hydrogen-bond acceptors (Lipinski definition) is 21. The molecule has 3 unspecified atom stereocenters. The molecule has 0 bridgehead atoms. The van der Waals surface area contributed by atoms with Gasteiger partial charge in [-0.3, -0.25) is 19.2 Å². The predicted molar refractivity (Wildman–Crippen MR) is 397 cm³/mol. The minimum absolute atomic E-state index is 0.00959. The number of esters is 5. The molecule has 6 fully saturated rings. The Balaban J connectivity index is 0.000000235. The summed E-state index contributed by atoms with van der Waals surface area (Å²) in [4.78, 5) is 82.9. The van der Waals surface area contributed by atoms with Crippen LogP contribution >= 0.6 is 23.2 Å². The van der Waals surface area contributed by atoms with E-state index in [9.17, 15) is 59.9 Å². The number of aromatic amines is 1. The van der Waals surface area contributed by atoms with Gasteiger partial charge in [-0.2, -0.15) is 0 Å². The zero-order valence-electron chi connectivity index (χ0n) is 63.9. The van der Waals surface area contributed by atoms with Gasteiger partial charge in [0, 0.05) is 25.2 Å². The van der Waals surface area contributed by atoms with Gasteiger partial charge in [-0.25, -0.2) is 19.4 Å². The Morgan fingerprint density at radius 3 is 1.25 bits per heavy atom. The molecule has 1 N–H and O–H groups in total. The van der Waals surface area contributed by atoms with Crippen molar-refractivity contribution in [3.63, 3.8) is 0 Å². The third-order valence-electron chi connectivity index (χ3n) is 20.3. The molecule has 23 nitrogen and oxygen atoms in total. The molecule has 6 aliphatic rings. The van der Waals surface area contributed by atoms with Crippen LogP contribution in [0.2, 0.25) is 0 Å². The Bertz CT molecular complexity index is 3610. The molecule has 2 aromatic heterocycles. The number of carbonyl (C=O) groups excluding carboxylic acids is 7. The number of nitrogens with zero attached hydrogens (tertiary/aromatic N) is 5. The van der Waals surface area contributed by atoms with E-state index in [0.29, 0.717) is 50.7 Å². The molecule has 0 spiro atoms. The largest absolute Gasteiger partial charge is 0.573 e. The number of ether oxygens (including phenoxy) is 10. The van der Waals surface area contributed by atoms with Gasteiger partial charge in [0.05, 0.1) is 31.4 Å². The van der Waals surface area contributed by atoms with Crippen molar-refractivity contribution >= 4 is 64.6 Å². The van der Waals surface area contributed by atoms with Gasteiger partial charge >= 0.3 is 42.6 Å². The first kappa shape index (κ1) is 90.0. The first-order chi connectivity index (χ1) is 53.3. The lowest BCUT2D eigenvalue weighted by Gasteiger charge is -2.29. The fourth-order valence-corrected chi connectivity index (χ4v) is 14.4. The van der Waals surface area contributed by atoms with E-state index in [0.717, 1.165) is 151 Å². The predicted octanol–water partition coefficient (Wildman–Crippen LogP) is 19.2. The molecule has 111 heavy (non-hydrogen) atoms. The minimum atomic E-state index is -4.74. The maximum atomic E-state index is 13.7. The number of aldehydes is 1. The Hall–Kier alpha value is -8.21. The molecule has 6 aliphatic carbocycles. The topological polar surface area (TPSA) is 284 Å². The number of nitrogens with one attached hydrogen (secondary N) is 1. The third-order valence-corrected chi connectivity index (χ3v) is 21.0. The molecule has 0 aliphatic heterocycles. The number of carbonyl (C=O) groups is 7. The Morgan fingerprint density at radius 1 is 0.495 bits per heavy atom. The fourth-order valence-electron chi connectivity index (χ4n) is 14.1. The van der Waals surface area contributed by atoms with Crippen molar-refractivity contribution in [2.45, 2.75) is 295 Å². The van der Waals surface area contributed by atoms with E-state index in [4.69, 9.17) is 61.1 Å². The third kappa shape index (κ3) is 31.4. The lowest BCUT2D eigenvalue weighted by atomic mass is 9.83. The van der Waals surface area contributed by atoms with Gasteiger partial charge in [-0.15, -0.1) is 26.3 Å². The van der Waals surface area contributed by atoms with E-state index in [2.05, 4.69) is 35.2 Å². The Kier molecular flexibility index (Phi) is 37.9. The monoisotopic (exact) mass is 1610 g/mol. The summed E-state index contributed by atoms with van der Waals surface area (Å²) in [6, 6.07) is 19.1. The fraction of sp³-hybridized carbons (Fsp3) is 0.637. The molecule has 0 amide bonds. The van der Waals surface area contributed by atoms with Crippen LogP contribution in [0.15, 0.2) is 72.8 Å². The summed E-state index contributed by atoms with van der Waals surface area (Å²) in [5.74, 6) is -1.89. The minimum Gasteiger partial charge on any atom is -0.497 e. The van der Waals surface area contributed by atoms with Crippen LogP contribution in [-0.4, -0.2) is 122 Å². The van der Waals surface area contributed by atoms with Crippen molar-refractivity contribution in [2.75, 3.05) is 7.11 Å². The van der Waals surface area contributed by atoms with E-state index in [1.807, 2.05) is 26.0 Å². The van der Waals surface area contributed by atoms with Gasteiger partial charge in [0.1, 0.15) is 35.7 Å². The van der Waals surface area contributed by atoms with E-state index >= 15 is 0 Å². The molecule has 614 valence electrons.